The third kappa shape index (κ3) is 2.94. The Morgan fingerprint density at radius 2 is 2.05 bits per heavy atom. The molecule has 0 amide bonds. The van der Waals surface area contributed by atoms with Crippen molar-refractivity contribution in [3.8, 4) is 0 Å². The van der Waals surface area contributed by atoms with E-state index in [1.165, 1.54) is 31.4 Å². The Kier molecular flexibility index (Phi) is 4.91. The van der Waals surface area contributed by atoms with E-state index < -0.39 is 5.38 Å². The highest BCUT2D eigenvalue weighted by Crippen LogP contribution is 2.42. The van der Waals surface area contributed by atoms with Crippen molar-refractivity contribution in [3.05, 3.63) is 23.0 Å². The first-order valence-corrected chi connectivity index (χ1v) is 8.96. The molecule has 2 rings (SSSR count). The van der Waals surface area contributed by atoms with Crippen LogP contribution in [0.5, 0.6) is 0 Å². The molecule has 1 aliphatic carbocycles. The molecule has 4 heteroatoms. The lowest BCUT2D eigenvalue weighted by molar-refractivity contribution is 0.0991. The standard InChI is InChI=1S/C16H24ClNOS/c1-11-9-14(15(19)12(2)17)13(3)18(11)10-16(20-4)7-5-6-8-16/h9,12H,5-8,10H2,1-4H3. The molecule has 1 saturated carbocycles. The highest BCUT2D eigenvalue weighted by molar-refractivity contribution is 8.00. The van der Waals surface area contributed by atoms with E-state index in [4.69, 9.17) is 11.6 Å². The third-order valence-electron chi connectivity index (χ3n) is 4.59. The van der Waals surface area contributed by atoms with Crippen LogP contribution in [0.25, 0.3) is 0 Å². The van der Waals surface area contributed by atoms with E-state index in [2.05, 4.69) is 17.7 Å². The van der Waals surface area contributed by atoms with E-state index in [0.717, 1.165) is 17.8 Å². The van der Waals surface area contributed by atoms with Gasteiger partial charge in [-0.3, -0.25) is 4.79 Å². The van der Waals surface area contributed by atoms with Gasteiger partial charge in [-0.25, -0.2) is 0 Å². The molecule has 2 nitrogen and oxygen atoms in total. The fourth-order valence-electron chi connectivity index (χ4n) is 3.24. The van der Waals surface area contributed by atoms with Crippen molar-refractivity contribution in [3.63, 3.8) is 0 Å². The van der Waals surface area contributed by atoms with Gasteiger partial charge >= 0.3 is 0 Å². The molecule has 20 heavy (non-hydrogen) atoms. The fourth-order valence-corrected chi connectivity index (χ4v) is 4.32. The van der Waals surface area contributed by atoms with Crippen molar-refractivity contribution in [1.29, 1.82) is 0 Å². The number of Topliss-reactive ketones (excluding diaryl/α,β-unsaturated/α-hetero) is 1. The smallest absolute Gasteiger partial charge is 0.182 e. The molecular formula is C16H24ClNOS. The first kappa shape index (κ1) is 16.0. The Labute approximate surface area is 131 Å². The molecule has 0 bridgehead atoms. The molecule has 1 aliphatic rings. The largest absolute Gasteiger partial charge is 0.347 e. The van der Waals surface area contributed by atoms with Crippen molar-refractivity contribution >= 4 is 29.1 Å². The van der Waals surface area contributed by atoms with Gasteiger partial charge in [0.2, 0.25) is 0 Å². The number of aryl methyl sites for hydroxylation is 1. The summed E-state index contributed by atoms with van der Waals surface area (Å²) in [5, 5.41) is -0.454. The summed E-state index contributed by atoms with van der Waals surface area (Å²) >= 11 is 7.94. The van der Waals surface area contributed by atoms with Gasteiger partial charge in [-0.15, -0.1) is 11.6 Å². The summed E-state index contributed by atoms with van der Waals surface area (Å²) in [5.41, 5.74) is 3.03. The van der Waals surface area contributed by atoms with Gasteiger partial charge in [-0.1, -0.05) is 12.8 Å². The second-order valence-electron chi connectivity index (χ2n) is 5.95. The Morgan fingerprint density at radius 1 is 1.45 bits per heavy atom. The molecule has 0 N–H and O–H groups in total. The SMILES string of the molecule is CSC1(Cn2c(C)cc(C(=O)C(C)Cl)c2C)CCCC1. The normalized spacial score (nSPS) is 19.2. The van der Waals surface area contributed by atoms with Crippen molar-refractivity contribution in [2.75, 3.05) is 6.26 Å². The fraction of sp³-hybridized carbons (Fsp3) is 0.688. The van der Waals surface area contributed by atoms with Crippen LogP contribution in [0.2, 0.25) is 0 Å². The summed E-state index contributed by atoms with van der Waals surface area (Å²) in [6.07, 6.45) is 7.42. The van der Waals surface area contributed by atoms with Crippen LogP contribution >= 0.6 is 23.4 Å². The zero-order valence-electron chi connectivity index (χ0n) is 12.8. The number of aromatic nitrogens is 1. The zero-order valence-corrected chi connectivity index (χ0v) is 14.4. The Bertz CT molecular complexity index is 501. The summed E-state index contributed by atoms with van der Waals surface area (Å²) in [5.74, 6) is 0.0376. The lowest BCUT2D eigenvalue weighted by Gasteiger charge is -2.29. The van der Waals surface area contributed by atoms with Crippen LogP contribution in [-0.4, -0.2) is 26.7 Å². The van der Waals surface area contributed by atoms with Gasteiger partial charge in [0.15, 0.2) is 5.78 Å². The molecule has 1 heterocycles. The second-order valence-corrected chi connectivity index (χ2v) is 7.87. The highest BCUT2D eigenvalue weighted by atomic mass is 35.5. The molecule has 0 spiro atoms. The van der Waals surface area contributed by atoms with E-state index >= 15 is 0 Å². The average molecular weight is 314 g/mol. The van der Waals surface area contributed by atoms with Gasteiger partial charge in [-0.05, 0) is 45.9 Å². The lowest BCUT2D eigenvalue weighted by Crippen LogP contribution is -2.28. The van der Waals surface area contributed by atoms with E-state index in [9.17, 15) is 4.79 Å². The van der Waals surface area contributed by atoms with Gasteiger partial charge < -0.3 is 4.57 Å². The number of hydrogen-bond donors (Lipinski definition) is 0. The minimum atomic E-state index is -0.454. The number of carbonyl (C=O) groups excluding carboxylic acids is 1. The first-order valence-electron chi connectivity index (χ1n) is 7.30. The number of thioether (sulfide) groups is 1. The predicted molar refractivity (Wildman–Crippen MR) is 88.3 cm³/mol. The van der Waals surface area contributed by atoms with Crippen molar-refractivity contribution in [2.24, 2.45) is 0 Å². The maximum atomic E-state index is 12.2. The van der Waals surface area contributed by atoms with E-state index in [-0.39, 0.29) is 5.78 Å². The maximum absolute atomic E-state index is 12.2. The molecule has 0 saturated heterocycles. The summed E-state index contributed by atoms with van der Waals surface area (Å²) < 4.78 is 2.66. The molecule has 1 aromatic heterocycles. The molecule has 1 unspecified atom stereocenters. The van der Waals surface area contributed by atoms with E-state index in [1.807, 2.05) is 24.8 Å². The number of carbonyl (C=O) groups is 1. The van der Waals surface area contributed by atoms with Crippen LogP contribution in [0.4, 0.5) is 0 Å². The van der Waals surface area contributed by atoms with Crippen LogP contribution in [0, 0.1) is 13.8 Å². The van der Waals surface area contributed by atoms with Crippen LogP contribution in [0.15, 0.2) is 6.07 Å². The minimum Gasteiger partial charge on any atom is -0.347 e. The van der Waals surface area contributed by atoms with Gasteiger partial charge in [0.1, 0.15) is 0 Å². The third-order valence-corrected chi connectivity index (χ3v) is 6.20. The number of ketones is 1. The molecule has 0 aliphatic heterocycles. The van der Waals surface area contributed by atoms with Crippen LogP contribution in [-0.2, 0) is 6.54 Å². The molecule has 112 valence electrons. The van der Waals surface area contributed by atoms with Crippen molar-refractivity contribution in [1.82, 2.24) is 4.57 Å². The molecule has 0 aromatic carbocycles. The van der Waals surface area contributed by atoms with Gasteiger partial charge in [0.05, 0.1) is 5.38 Å². The Balaban J connectivity index is 2.31. The first-order chi connectivity index (χ1) is 9.40. The van der Waals surface area contributed by atoms with Crippen LogP contribution in [0.3, 0.4) is 0 Å². The molecule has 0 radical (unpaired) electrons. The van der Waals surface area contributed by atoms with E-state index in [1.54, 1.807) is 6.92 Å². The topological polar surface area (TPSA) is 22.0 Å². The number of nitrogens with zero attached hydrogens (tertiary/aromatic N) is 1. The van der Waals surface area contributed by atoms with Gasteiger partial charge in [0.25, 0.3) is 0 Å². The maximum Gasteiger partial charge on any atom is 0.182 e. The summed E-state index contributed by atoms with van der Waals surface area (Å²) in [4.78, 5) is 12.2. The lowest BCUT2D eigenvalue weighted by atomic mass is 10.1. The molecular weight excluding hydrogens is 290 g/mol. The summed E-state index contributed by atoms with van der Waals surface area (Å²) in [6.45, 7) is 6.89. The summed E-state index contributed by atoms with van der Waals surface area (Å²) in [6, 6.07) is 2.00. The number of halogens is 1. The van der Waals surface area contributed by atoms with E-state index in [0.29, 0.717) is 4.75 Å². The molecule has 1 aromatic rings. The van der Waals surface area contributed by atoms with Crippen LogP contribution in [0.1, 0.15) is 54.4 Å². The molecule has 1 atom stereocenters. The summed E-state index contributed by atoms with van der Waals surface area (Å²) in [7, 11) is 0. The average Bonchev–Trinajstić information content (AvgIpc) is 2.99. The Morgan fingerprint density at radius 3 is 2.55 bits per heavy atom. The zero-order chi connectivity index (χ0) is 14.9. The minimum absolute atomic E-state index is 0.0376. The quantitative estimate of drug-likeness (QED) is 0.586. The number of rotatable bonds is 5. The monoisotopic (exact) mass is 313 g/mol. The van der Waals surface area contributed by atoms with Crippen molar-refractivity contribution in [2.45, 2.75) is 63.1 Å². The van der Waals surface area contributed by atoms with Crippen LogP contribution < -0.4 is 0 Å². The second kappa shape index (κ2) is 6.15. The highest BCUT2D eigenvalue weighted by Gasteiger charge is 2.34. The predicted octanol–water partition coefficient (Wildman–Crippen LogP) is 4.59. The van der Waals surface area contributed by atoms with Gasteiger partial charge in [-0.2, -0.15) is 11.8 Å². The number of alkyl halides is 1. The Hall–Kier alpha value is -0.410. The molecule has 1 fully saturated rings. The van der Waals surface area contributed by atoms with Crippen molar-refractivity contribution < 1.29 is 4.79 Å². The van der Waals surface area contributed by atoms with Gasteiger partial charge in [0, 0.05) is 28.2 Å². The number of hydrogen-bond acceptors (Lipinski definition) is 2.